The van der Waals surface area contributed by atoms with Crippen LogP contribution in [0, 0.1) is 6.92 Å². The van der Waals surface area contributed by atoms with Crippen LogP contribution >= 0.6 is 0 Å². The number of rotatable bonds is 11. The summed E-state index contributed by atoms with van der Waals surface area (Å²) in [6, 6.07) is 12.8. The molecule has 0 aliphatic heterocycles. The van der Waals surface area contributed by atoms with E-state index in [0.29, 0.717) is 5.56 Å². The highest BCUT2D eigenvalue weighted by molar-refractivity contribution is 7.92. The Morgan fingerprint density at radius 1 is 1.03 bits per heavy atom. The largest absolute Gasteiger partial charge is 0.352 e. The standard InChI is InChI=1S/C26H35N3O5S/c1-7-19(3)27-26(32)20(4)28(16-22-11-8-10-18(2)14-22)25(31)17-29(35(6,33)34)24-13-9-12-23(15-24)21(5)30/h8-15,19-20H,7,16-17H2,1-6H3,(H,27,32)/t19-,20-/m1/s1. The molecule has 0 spiro atoms. The Balaban J connectivity index is 2.43. The number of ketones is 1. The molecule has 9 heteroatoms. The van der Waals surface area contributed by atoms with Crippen molar-refractivity contribution in [3.8, 4) is 0 Å². The number of sulfonamides is 1. The summed E-state index contributed by atoms with van der Waals surface area (Å²) >= 11 is 0. The molecular formula is C26H35N3O5S. The van der Waals surface area contributed by atoms with Crippen LogP contribution in [0.25, 0.3) is 0 Å². The molecule has 2 atom stereocenters. The lowest BCUT2D eigenvalue weighted by Gasteiger charge is -2.32. The molecule has 0 saturated carbocycles. The molecule has 0 fully saturated rings. The van der Waals surface area contributed by atoms with Crippen LogP contribution in [0.3, 0.4) is 0 Å². The first-order valence-electron chi connectivity index (χ1n) is 11.6. The summed E-state index contributed by atoms with van der Waals surface area (Å²) in [7, 11) is -3.86. The first-order chi connectivity index (χ1) is 16.3. The highest BCUT2D eigenvalue weighted by Gasteiger charge is 2.30. The number of amides is 2. The van der Waals surface area contributed by atoms with Crippen molar-refractivity contribution in [3.05, 3.63) is 65.2 Å². The lowest BCUT2D eigenvalue weighted by Crippen LogP contribution is -2.52. The predicted molar refractivity (Wildman–Crippen MR) is 138 cm³/mol. The van der Waals surface area contributed by atoms with E-state index in [9.17, 15) is 22.8 Å². The van der Waals surface area contributed by atoms with E-state index in [1.165, 1.54) is 24.0 Å². The number of aryl methyl sites for hydroxylation is 1. The second-order valence-electron chi connectivity index (χ2n) is 8.88. The maximum atomic E-state index is 13.6. The smallest absolute Gasteiger partial charge is 0.244 e. The fraction of sp³-hybridized carbons (Fsp3) is 0.423. The van der Waals surface area contributed by atoms with Crippen LogP contribution in [-0.2, 0) is 26.2 Å². The molecule has 2 amide bonds. The van der Waals surface area contributed by atoms with Crippen LogP contribution < -0.4 is 9.62 Å². The van der Waals surface area contributed by atoms with Gasteiger partial charge in [-0.05, 0) is 51.8 Å². The molecule has 2 rings (SSSR count). The molecule has 2 aromatic rings. The Kier molecular flexibility index (Phi) is 9.59. The zero-order valence-corrected chi connectivity index (χ0v) is 22.1. The summed E-state index contributed by atoms with van der Waals surface area (Å²) in [6.07, 6.45) is 1.74. The minimum Gasteiger partial charge on any atom is -0.352 e. The van der Waals surface area contributed by atoms with Crippen LogP contribution in [0.5, 0.6) is 0 Å². The van der Waals surface area contributed by atoms with Crippen molar-refractivity contribution in [2.75, 3.05) is 17.1 Å². The fourth-order valence-corrected chi connectivity index (χ4v) is 4.39. The second-order valence-corrected chi connectivity index (χ2v) is 10.8. The summed E-state index contributed by atoms with van der Waals surface area (Å²) in [5, 5.41) is 2.89. The molecule has 8 nitrogen and oxygen atoms in total. The zero-order chi connectivity index (χ0) is 26.3. The van der Waals surface area contributed by atoms with Crippen LogP contribution in [-0.4, -0.2) is 55.8 Å². The third kappa shape index (κ3) is 7.92. The molecule has 2 aromatic carbocycles. The Hall–Kier alpha value is -3.20. The minimum atomic E-state index is -3.86. The molecule has 35 heavy (non-hydrogen) atoms. The Bertz CT molecular complexity index is 1180. The molecular weight excluding hydrogens is 466 g/mol. The molecule has 0 aliphatic carbocycles. The molecule has 0 unspecified atom stereocenters. The summed E-state index contributed by atoms with van der Waals surface area (Å²) in [5.74, 6) is -1.06. The molecule has 190 valence electrons. The number of anilines is 1. The van der Waals surface area contributed by atoms with Gasteiger partial charge in [0, 0.05) is 18.2 Å². The van der Waals surface area contributed by atoms with E-state index in [0.717, 1.165) is 28.1 Å². The van der Waals surface area contributed by atoms with Crippen LogP contribution in [0.4, 0.5) is 5.69 Å². The normalized spacial score (nSPS) is 13.0. The quantitative estimate of drug-likeness (QED) is 0.476. The summed E-state index contributed by atoms with van der Waals surface area (Å²) in [6.45, 7) is 8.41. The van der Waals surface area contributed by atoms with E-state index >= 15 is 0 Å². The molecule has 0 radical (unpaired) electrons. The Morgan fingerprint density at radius 3 is 2.26 bits per heavy atom. The zero-order valence-electron chi connectivity index (χ0n) is 21.2. The van der Waals surface area contributed by atoms with E-state index in [1.807, 2.05) is 45.0 Å². The van der Waals surface area contributed by atoms with Gasteiger partial charge in [0.15, 0.2) is 5.78 Å². The fourth-order valence-electron chi connectivity index (χ4n) is 3.55. The summed E-state index contributed by atoms with van der Waals surface area (Å²) < 4.78 is 26.3. The molecule has 0 aliphatic rings. The van der Waals surface area contributed by atoms with Crippen molar-refractivity contribution in [2.24, 2.45) is 0 Å². The predicted octanol–water partition coefficient (Wildman–Crippen LogP) is 3.30. The molecule has 0 saturated heterocycles. The lowest BCUT2D eigenvalue weighted by atomic mass is 10.1. The topological polar surface area (TPSA) is 104 Å². The second kappa shape index (κ2) is 12.0. The summed E-state index contributed by atoms with van der Waals surface area (Å²) in [4.78, 5) is 39.7. The maximum absolute atomic E-state index is 13.6. The van der Waals surface area contributed by atoms with Gasteiger partial charge in [-0.2, -0.15) is 0 Å². The number of hydrogen-bond donors (Lipinski definition) is 1. The number of carbonyl (C=O) groups is 3. The van der Waals surface area contributed by atoms with Crippen molar-refractivity contribution in [1.82, 2.24) is 10.2 Å². The Labute approximate surface area is 208 Å². The lowest BCUT2D eigenvalue weighted by molar-refractivity contribution is -0.139. The first kappa shape index (κ1) is 28.0. The van der Waals surface area contributed by atoms with Crippen molar-refractivity contribution >= 4 is 33.3 Å². The number of Topliss-reactive ketones (excluding diaryl/α,β-unsaturated/α-hetero) is 1. The van der Waals surface area contributed by atoms with Crippen molar-refractivity contribution in [1.29, 1.82) is 0 Å². The van der Waals surface area contributed by atoms with E-state index in [2.05, 4.69) is 5.32 Å². The number of hydrogen-bond acceptors (Lipinski definition) is 5. The molecule has 0 aromatic heterocycles. The van der Waals surface area contributed by atoms with Gasteiger partial charge in [0.1, 0.15) is 12.6 Å². The van der Waals surface area contributed by atoms with E-state index in [-0.39, 0.29) is 30.0 Å². The number of carbonyl (C=O) groups excluding carboxylic acids is 3. The third-order valence-electron chi connectivity index (χ3n) is 5.82. The number of nitrogens with one attached hydrogen (secondary N) is 1. The van der Waals surface area contributed by atoms with E-state index < -0.39 is 28.5 Å². The average molecular weight is 502 g/mol. The molecule has 0 bridgehead atoms. The van der Waals surface area contributed by atoms with Crippen molar-refractivity contribution < 1.29 is 22.8 Å². The van der Waals surface area contributed by atoms with Gasteiger partial charge in [-0.25, -0.2) is 8.42 Å². The summed E-state index contributed by atoms with van der Waals surface area (Å²) in [5.41, 5.74) is 2.37. The van der Waals surface area contributed by atoms with Gasteiger partial charge in [-0.15, -0.1) is 0 Å². The van der Waals surface area contributed by atoms with Gasteiger partial charge >= 0.3 is 0 Å². The van der Waals surface area contributed by atoms with Crippen molar-refractivity contribution in [3.63, 3.8) is 0 Å². The van der Waals surface area contributed by atoms with E-state index in [4.69, 9.17) is 0 Å². The van der Waals surface area contributed by atoms with Crippen LogP contribution in [0.15, 0.2) is 48.5 Å². The highest BCUT2D eigenvalue weighted by atomic mass is 32.2. The van der Waals surface area contributed by atoms with Gasteiger partial charge in [-0.3, -0.25) is 18.7 Å². The van der Waals surface area contributed by atoms with Crippen molar-refractivity contribution in [2.45, 2.75) is 59.7 Å². The number of benzene rings is 2. The van der Waals surface area contributed by atoms with Crippen LogP contribution in [0.2, 0.25) is 0 Å². The van der Waals surface area contributed by atoms with E-state index in [1.54, 1.807) is 19.1 Å². The van der Waals surface area contributed by atoms with Gasteiger partial charge in [-0.1, -0.05) is 48.9 Å². The SMILES string of the molecule is CC[C@@H](C)NC(=O)[C@@H](C)N(Cc1cccc(C)c1)C(=O)CN(c1cccc(C(C)=O)c1)S(C)(=O)=O. The molecule has 0 heterocycles. The average Bonchev–Trinajstić information content (AvgIpc) is 2.79. The van der Waals surface area contributed by atoms with Gasteiger partial charge in [0.25, 0.3) is 0 Å². The first-order valence-corrected chi connectivity index (χ1v) is 13.4. The minimum absolute atomic E-state index is 0.0669. The Morgan fingerprint density at radius 2 is 1.69 bits per heavy atom. The number of nitrogens with zero attached hydrogens (tertiary/aromatic N) is 2. The van der Waals surface area contributed by atoms with Crippen LogP contribution in [0.1, 0.15) is 55.6 Å². The maximum Gasteiger partial charge on any atom is 0.244 e. The molecule has 1 N–H and O–H groups in total. The third-order valence-corrected chi connectivity index (χ3v) is 6.96. The van der Waals surface area contributed by atoms with Gasteiger partial charge in [0.2, 0.25) is 21.8 Å². The van der Waals surface area contributed by atoms with Gasteiger partial charge < -0.3 is 10.2 Å². The monoisotopic (exact) mass is 501 g/mol. The highest BCUT2D eigenvalue weighted by Crippen LogP contribution is 2.21. The van der Waals surface area contributed by atoms with Gasteiger partial charge in [0.05, 0.1) is 11.9 Å².